The second-order valence-electron chi connectivity index (χ2n) is 3.30. The van der Waals surface area contributed by atoms with Crippen molar-refractivity contribution in [2.75, 3.05) is 0 Å². The van der Waals surface area contributed by atoms with E-state index in [4.69, 9.17) is 15.7 Å². The van der Waals surface area contributed by atoms with Gasteiger partial charge in [0.15, 0.2) is 5.75 Å². The van der Waals surface area contributed by atoms with Crippen LogP contribution in [0.1, 0.15) is 24.0 Å². The van der Waals surface area contributed by atoms with Crippen LogP contribution in [0.2, 0.25) is 0 Å². The molecule has 0 aromatic carbocycles. The highest BCUT2D eigenvalue weighted by atomic mass is 16.5. The summed E-state index contributed by atoms with van der Waals surface area (Å²) in [5, 5.41) is 8.95. The molecule has 2 N–H and O–H groups in total. The molecule has 0 atom stereocenters. The first-order chi connectivity index (χ1) is 6.85. The van der Waals surface area contributed by atoms with Crippen LogP contribution >= 0.6 is 0 Å². The van der Waals surface area contributed by atoms with Gasteiger partial charge in [-0.25, -0.2) is 0 Å². The minimum Gasteiger partial charge on any atom is -0.487 e. The quantitative estimate of drug-likeness (QED) is 0.768. The first kappa shape index (κ1) is 8.97. The number of hydrogen-bond donors (Lipinski definition) is 1. The first-order valence-electron chi connectivity index (χ1n) is 4.59. The molecule has 2 rings (SSSR count). The molecule has 0 spiro atoms. The first-order valence-corrected chi connectivity index (χ1v) is 4.59. The standard InChI is InChI=1S/C10H11N3O/c11-3-7-5-13-6-10(9(7)4-12)14-8-1-2-8/h5-6,8H,1-3,11H2. The van der Waals surface area contributed by atoms with Gasteiger partial charge in [0, 0.05) is 18.3 Å². The van der Waals surface area contributed by atoms with Crippen LogP contribution < -0.4 is 10.5 Å². The zero-order valence-corrected chi connectivity index (χ0v) is 7.73. The summed E-state index contributed by atoms with van der Waals surface area (Å²) in [7, 11) is 0. The number of hydrogen-bond acceptors (Lipinski definition) is 4. The summed E-state index contributed by atoms with van der Waals surface area (Å²) in [4.78, 5) is 3.99. The second kappa shape index (κ2) is 3.64. The highest BCUT2D eigenvalue weighted by Crippen LogP contribution is 2.29. The SMILES string of the molecule is N#Cc1c(CN)cncc1OC1CC1. The van der Waals surface area contributed by atoms with E-state index < -0.39 is 0 Å². The van der Waals surface area contributed by atoms with Crippen LogP contribution in [0, 0.1) is 11.3 Å². The van der Waals surface area contributed by atoms with Crippen LogP contribution in [0.5, 0.6) is 5.75 Å². The minimum absolute atomic E-state index is 0.275. The Balaban J connectivity index is 2.32. The number of nitriles is 1. The molecule has 0 aliphatic heterocycles. The molecule has 1 saturated carbocycles. The third-order valence-corrected chi connectivity index (χ3v) is 2.14. The van der Waals surface area contributed by atoms with Crippen molar-refractivity contribution in [1.82, 2.24) is 4.98 Å². The molecule has 1 fully saturated rings. The molecular weight excluding hydrogens is 178 g/mol. The number of pyridine rings is 1. The van der Waals surface area contributed by atoms with E-state index in [1.165, 1.54) is 0 Å². The summed E-state index contributed by atoms with van der Waals surface area (Å²) in [5.41, 5.74) is 6.76. The highest BCUT2D eigenvalue weighted by Gasteiger charge is 2.25. The van der Waals surface area contributed by atoms with Gasteiger partial charge in [-0.3, -0.25) is 4.98 Å². The lowest BCUT2D eigenvalue weighted by molar-refractivity contribution is 0.300. The fourth-order valence-corrected chi connectivity index (χ4v) is 1.22. The van der Waals surface area contributed by atoms with Crippen LogP contribution in [0.3, 0.4) is 0 Å². The number of rotatable bonds is 3. The van der Waals surface area contributed by atoms with Crippen LogP contribution in [-0.2, 0) is 6.54 Å². The van der Waals surface area contributed by atoms with Gasteiger partial charge in [-0.1, -0.05) is 0 Å². The van der Waals surface area contributed by atoms with Gasteiger partial charge in [0.05, 0.1) is 12.3 Å². The molecule has 0 radical (unpaired) electrons. The predicted molar refractivity (Wildman–Crippen MR) is 50.5 cm³/mol. The zero-order chi connectivity index (χ0) is 9.97. The Morgan fingerprint density at radius 2 is 2.36 bits per heavy atom. The molecule has 1 aromatic rings. The Labute approximate surface area is 82.3 Å². The molecule has 1 aliphatic carbocycles. The van der Waals surface area contributed by atoms with E-state index in [0.29, 0.717) is 17.9 Å². The number of ether oxygens (including phenoxy) is 1. The molecule has 1 aromatic heterocycles. The van der Waals surface area contributed by atoms with Gasteiger partial charge in [-0.2, -0.15) is 5.26 Å². The fraction of sp³-hybridized carbons (Fsp3) is 0.400. The predicted octanol–water partition coefficient (Wildman–Crippen LogP) is 0.953. The van der Waals surface area contributed by atoms with E-state index in [2.05, 4.69) is 11.1 Å². The number of nitrogens with zero attached hydrogens (tertiary/aromatic N) is 2. The van der Waals surface area contributed by atoms with E-state index >= 15 is 0 Å². The molecule has 1 heterocycles. The summed E-state index contributed by atoms with van der Waals surface area (Å²) in [6, 6.07) is 2.10. The van der Waals surface area contributed by atoms with Crippen molar-refractivity contribution in [2.45, 2.75) is 25.5 Å². The van der Waals surface area contributed by atoms with Crippen molar-refractivity contribution >= 4 is 0 Å². The normalized spacial score (nSPS) is 14.9. The van der Waals surface area contributed by atoms with Gasteiger partial charge >= 0.3 is 0 Å². The molecule has 0 amide bonds. The van der Waals surface area contributed by atoms with E-state index in [-0.39, 0.29) is 6.10 Å². The van der Waals surface area contributed by atoms with Gasteiger partial charge in [-0.15, -0.1) is 0 Å². The molecule has 4 nitrogen and oxygen atoms in total. The average Bonchev–Trinajstić information content (AvgIpc) is 3.01. The Morgan fingerprint density at radius 1 is 1.57 bits per heavy atom. The Hall–Kier alpha value is -1.60. The van der Waals surface area contributed by atoms with Gasteiger partial charge in [0.25, 0.3) is 0 Å². The Kier molecular flexibility index (Phi) is 2.33. The molecular formula is C10H11N3O. The van der Waals surface area contributed by atoms with Crippen molar-refractivity contribution in [3.05, 3.63) is 23.5 Å². The van der Waals surface area contributed by atoms with Crippen molar-refractivity contribution in [1.29, 1.82) is 5.26 Å². The molecule has 0 unspecified atom stereocenters. The van der Waals surface area contributed by atoms with Crippen molar-refractivity contribution < 1.29 is 4.74 Å². The summed E-state index contributed by atoms with van der Waals surface area (Å²) in [6.45, 7) is 0.317. The molecule has 0 bridgehead atoms. The Morgan fingerprint density at radius 3 is 2.93 bits per heavy atom. The minimum atomic E-state index is 0.275. The molecule has 72 valence electrons. The third-order valence-electron chi connectivity index (χ3n) is 2.14. The van der Waals surface area contributed by atoms with E-state index in [1.807, 2.05) is 0 Å². The van der Waals surface area contributed by atoms with Crippen LogP contribution in [-0.4, -0.2) is 11.1 Å². The lowest BCUT2D eigenvalue weighted by Gasteiger charge is -2.07. The Bertz CT molecular complexity index is 379. The highest BCUT2D eigenvalue weighted by molar-refractivity contribution is 5.46. The molecule has 0 saturated heterocycles. The van der Waals surface area contributed by atoms with Crippen molar-refractivity contribution in [3.8, 4) is 11.8 Å². The van der Waals surface area contributed by atoms with Gasteiger partial charge in [0.2, 0.25) is 0 Å². The van der Waals surface area contributed by atoms with Crippen molar-refractivity contribution in [2.24, 2.45) is 5.73 Å². The van der Waals surface area contributed by atoms with Gasteiger partial charge in [-0.05, 0) is 12.8 Å². The number of nitrogens with two attached hydrogens (primary N) is 1. The maximum Gasteiger partial charge on any atom is 0.156 e. The van der Waals surface area contributed by atoms with E-state index in [1.54, 1.807) is 12.4 Å². The van der Waals surface area contributed by atoms with Gasteiger partial charge in [0.1, 0.15) is 11.6 Å². The zero-order valence-electron chi connectivity index (χ0n) is 7.73. The topological polar surface area (TPSA) is 71.9 Å². The fourth-order valence-electron chi connectivity index (χ4n) is 1.22. The van der Waals surface area contributed by atoms with E-state index in [9.17, 15) is 0 Å². The summed E-state index contributed by atoms with van der Waals surface area (Å²) >= 11 is 0. The second-order valence-corrected chi connectivity index (χ2v) is 3.30. The summed E-state index contributed by atoms with van der Waals surface area (Å²) in [6.07, 6.45) is 5.60. The monoisotopic (exact) mass is 189 g/mol. The summed E-state index contributed by atoms with van der Waals surface area (Å²) < 4.78 is 5.55. The summed E-state index contributed by atoms with van der Waals surface area (Å²) in [5.74, 6) is 0.568. The molecule has 1 aliphatic rings. The maximum atomic E-state index is 8.95. The van der Waals surface area contributed by atoms with E-state index in [0.717, 1.165) is 18.4 Å². The van der Waals surface area contributed by atoms with Crippen molar-refractivity contribution in [3.63, 3.8) is 0 Å². The average molecular weight is 189 g/mol. The lowest BCUT2D eigenvalue weighted by atomic mass is 10.1. The van der Waals surface area contributed by atoms with Crippen LogP contribution in [0.4, 0.5) is 0 Å². The van der Waals surface area contributed by atoms with Gasteiger partial charge < -0.3 is 10.5 Å². The maximum absolute atomic E-state index is 8.95. The lowest BCUT2D eigenvalue weighted by Crippen LogP contribution is -2.05. The smallest absolute Gasteiger partial charge is 0.156 e. The van der Waals surface area contributed by atoms with Crippen LogP contribution in [0.15, 0.2) is 12.4 Å². The number of aromatic nitrogens is 1. The largest absolute Gasteiger partial charge is 0.487 e. The molecule has 4 heteroatoms. The molecule has 14 heavy (non-hydrogen) atoms. The van der Waals surface area contributed by atoms with Crippen LogP contribution in [0.25, 0.3) is 0 Å². The third kappa shape index (κ3) is 1.68.